The van der Waals surface area contributed by atoms with Gasteiger partial charge >= 0.3 is 18.2 Å². The molecule has 0 radical (unpaired) electrons. The second-order valence-electron chi connectivity index (χ2n) is 13.1. The highest BCUT2D eigenvalue weighted by Crippen LogP contribution is 2.29. The first-order chi connectivity index (χ1) is 22.9. The van der Waals surface area contributed by atoms with Crippen molar-refractivity contribution in [2.45, 2.75) is 137 Å². The molecule has 286 valence electrons. The molecule has 4 unspecified atom stereocenters. The maximum absolute atomic E-state index is 13.6. The van der Waals surface area contributed by atoms with Crippen LogP contribution in [0.25, 0.3) is 0 Å². The zero-order valence-electron chi connectivity index (χ0n) is 31.0. The Morgan fingerprint density at radius 1 is 0.939 bits per heavy atom. The minimum absolute atomic E-state index is 0.120. The van der Waals surface area contributed by atoms with E-state index in [-0.39, 0.29) is 25.7 Å². The van der Waals surface area contributed by atoms with E-state index in [1.807, 2.05) is 27.7 Å². The Balaban J connectivity index is 0. The molecule has 49 heavy (non-hydrogen) atoms. The molecule has 1 heterocycles. The summed E-state index contributed by atoms with van der Waals surface area (Å²) in [5.74, 6) is -1.65. The average Bonchev–Trinajstić information content (AvgIpc) is 3.99. The lowest BCUT2D eigenvalue weighted by Gasteiger charge is -2.35. The summed E-state index contributed by atoms with van der Waals surface area (Å²) in [5, 5.41) is 7.75. The Labute approximate surface area is 290 Å². The largest absolute Gasteiger partial charge is 0.464 e. The van der Waals surface area contributed by atoms with Crippen molar-refractivity contribution >= 4 is 35.9 Å². The van der Waals surface area contributed by atoms with Crippen molar-refractivity contribution in [3.63, 3.8) is 0 Å². The number of nitrogens with two attached hydrogens (primary N) is 1. The van der Waals surface area contributed by atoms with Crippen LogP contribution in [0.5, 0.6) is 0 Å². The Bertz CT molecular complexity index is 1010. The zero-order valence-corrected chi connectivity index (χ0v) is 31.0. The highest BCUT2D eigenvalue weighted by molar-refractivity contribution is 6.28. The molecule has 0 aromatic rings. The van der Waals surface area contributed by atoms with Crippen LogP contribution in [0.4, 0.5) is 18.0 Å². The summed E-state index contributed by atoms with van der Waals surface area (Å²) in [6.45, 7) is 13.8. The van der Waals surface area contributed by atoms with E-state index in [0.717, 1.165) is 19.3 Å². The Kier molecular flexibility index (Phi) is 24.3. The van der Waals surface area contributed by atoms with E-state index >= 15 is 0 Å². The van der Waals surface area contributed by atoms with Crippen LogP contribution in [0.2, 0.25) is 0 Å². The number of rotatable bonds is 13. The lowest BCUT2D eigenvalue weighted by atomic mass is 9.85. The molecule has 3 rings (SSSR count). The number of ketones is 1. The summed E-state index contributed by atoms with van der Waals surface area (Å²) in [4.78, 5) is 75.7. The molecule has 0 aromatic heterocycles. The minimum atomic E-state index is -4.00. The molecule has 15 heteroatoms. The van der Waals surface area contributed by atoms with Gasteiger partial charge in [-0.05, 0) is 56.4 Å². The van der Waals surface area contributed by atoms with Gasteiger partial charge in [0.1, 0.15) is 18.6 Å². The maximum Gasteiger partial charge on any atom is 0.386 e. The number of nitrogens with zero attached hydrogens (tertiary/aromatic N) is 1. The fourth-order valence-electron chi connectivity index (χ4n) is 4.16. The van der Waals surface area contributed by atoms with E-state index in [1.165, 1.54) is 31.2 Å². The topological polar surface area (TPSA) is 177 Å². The van der Waals surface area contributed by atoms with Gasteiger partial charge in [-0.15, -0.1) is 0 Å². The van der Waals surface area contributed by atoms with E-state index in [9.17, 15) is 41.9 Å². The van der Waals surface area contributed by atoms with Gasteiger partial charge in [0.15, 0.2) is 6.29 Å². The van der Waals surface area contributed by atoms with E-state index in [4.69, 9.17) is 4.74 Å². The molecule has 3 fully saturated rings. The van der Waals surface area contributed by atoms with Crippen LogP contribution in [-0.4, -0.2) is 91.8 Å². The van der Waals surface area contributed by atoms with Gasteiger partial charge < -0.3 is 31.3 Å². The SMILES string of the molecule is C1CC1.CC.CC(F)(F)F.CCC(C)CC(NC(=O)C1CCCN1C(=O)C(NC(=O)NCC(=O)OCC1CC1)C(C)(C)C)C(=O)C=O.CN. The van der Waals surface area contributed by atoms with Crippen LogP contribution in [0.1, 0.15) is 113 Å². The molecular formula is C34H62F3N5O7. The number of ether oxygens (including phenoxy) is 1. The molecular weight excluding hydrogens is 647 g/mol. The number of halogens is 3. The predicted octanol–water partition coefficient (Wildman–Crippen LogP) is 4.67. The van der Waals surface area contributed by atoms with E-state index in [0.29, 0.717) is 38.3 Å². The Morgan fingerprint density at radius 3 is 1.90 bits per heavy atom. The van der Waals surface area contributed by atoms with Gasteiger partial charge in [-0.3, -0.25) is 24.0 Å². The Morgan fingerprint density at radius 2 is 1.47 bits per heavy atom. The molecule has 4 amide bonds. The second kappa shape index (κ2) is 24.8. The molecule has 0 bridgehead atoms. The number of urea groups is 1. The summed E-state index contributed by atoms with van der Waals surface area (Å²) in [5.41, 5.74) is 3.80. The maximum atomic E-state index is 13.6. The van der Waals surface area contributed by atoms with Gasteiger partial charge in [0.05, 0.1) is 12.6 Å². The van der Waals surface area contributed by atoms with Crippen molar-refractivity contribution in [2.24, 2.45) is 23.0 Å². The number of hydrogen-bond acceptors (Lipinski definition) is 8. The van der Waals surface area contributed by atoms with Gasteiger partial charge in [0, 0.05) is 13.5 Å². The van der Waals surface area contributed by atoms with Crippen molar-refractivity contribution in [2.75, 3.05) is 26.7 Å². The molecule has 4 atom stereocenters. The molecule has 0 spiro atoms. The standard InChI is InChI=1S/C26H42N4O7.C3H6.C2H3F3.C2H6.CH5N/c1-6-16(2)12-18(20(32)14-31)28-23(34)19-8-7-11-30(19)24(35)22(26(3,4)5)29-25(36)27-13-21(33)37-15-17-9-10-17;1-2-3-1;1-2(3,4)5;2*1-2/h14,16-19,22H,6-13,15H2,1-5H3,(H,28,34)(H2,27,29,36);1-3H2;1H3;1-2H3;2H2,1H3. The van der Waals surface area contributed by atoms with Gasteiger partial charge in [0.2, 0.25) is 17.6 Å². The van der Waals surface area contributed by atoms with E-state index < -0.39 is 59.3 Å². The first kappa shape index (κ1) is 47.9. The number of alkyl halides is 3. The second-order valence-corrected chi connectivity index (χ2v) is 13.1. The molecule has 1 saturated heterocycles. The summed E-state index contributed by atoms with van der Waals surface area (Å²) in [6, 6.07) is -3.43. The van der Waals surface area contributed by atoms with Crippen molar-refractivity contribution in [1.82, 2.24) is 20.9 Å². The number of amides is 4. The summed E-state index contributed by atoms with van der Waals surface area (Å²) in [6.07, 6.45) is 4.89. The summed E-state index contributed by atoms with van der Waals surface area (Å²) in [7, 11) is 1.50. The lowest BCUT2D eigenvalue weighted by molar-refractivity contribution is -0.143. The van der Waals surface area contributed by atoms with Gasteiger partial charge in [0.25, 0.3) is 0 Å². The normalized spacial score (nSPS) is 17.9. The first-order valence-corrected chi connectivity index (χ1v) is 17.3. The zero-order chi connectivity index (χ0) is 38.4. The fraction of sp³-hybridized carbons (Fsp3) is 0.824. The van der Waals surface area contributed by atoms with E-state index in [1.54, 1.807) is 20.8 Å². The minimum Gasteiger partial charge on any atom is -0.464 e. The highest BCUT2D eigenvalue weighted by Gasteiger charge is 2.42. The number of carbonyl (C=O) groups excluding carboxylic acids is 6. The van der Waals surface area contributed by atoms with Crippen molar-refractivity contribution in [1.29, 1.82) is 0 Å². The van der Waals surface area contributed by atoms with Crippen LogP contribution in [-0.2, 0) is 28.7 Å². The van der Waals surface area contributed by atoms with Crippen molar-refractivity contribution in [3.05, 3.63) is 0 Å². The van der Waals surface area contributed by atoms with Crippen LogP contribution in [0.15, 0.2) is 0 Å². The van der Waals surface area contributed by atoms with E-state index in [2.05, 4.69) is 21.7 Å². The van der Waals surface area contributed by atoms with Gasteiger partial charge in [-0.2, -0.15) is 13.2 Å². The number of hydrogen-bond donors (Lipinski definition) is 4. The monoisotopic (exact) mass is 709 g/mol. The third-order valence-electron chi connectivity index (χ3n) is 7.26. The number of esters is 1. The molecule has 0 aromatic carbocycles. The average molecular weight is 710 g/mol. The van der Waals surface area contributed by atoms with Crippen LogP contribution in [0, 0.1) is 17.3 Å². The number of likely N-dealkylation sites (tertiary alicyclic amines) is 1. The number of nitrogens with one attached hydrogen (secondary N) is 3. The smallest absolute Gasteiger partial charge is 0.386 e. The number of Topliss-reactive ketones (excluding diaryl/α,β-unsaturated/α-hetero) is 1. The molecule has 2 aliphatic carbocycles. The Hall–Kier alpha value is -3.23. The molecule has 1 aliphatic heterocycles. The lowest BCUT2D eigenvalue weighted by Crippen LogP contribution is -2.60. The third-order valence-corrected chi connectivity index (χ3v) is 7.26. The fourth-order valence-corrected chi connectivity index (χ4v) is 4.16. The molecule has 12 nitrogen and oxygen atoms in total. The highest BCUT2D eigenvalue weighted by atomic mass is 19.4. The van der Waals surface area contributed by atoms with Crippen molar-refractivity contribution in [3.8, 4) is 0 Å². The van der Waals surface area contributed by atoms with Crippen molar-refractivity contribution < 1.29 is 46.7 Å². The quantitative estimate of drug-likeness (QED) is 0.121. The van der Waals surface area contributed by atoms with Gasteiger partial charge in [-0.25, -0.2) is 4.79 Å². The van der Waals surface area contributed by atoms with Crippen LogP contribution >= 0.6 is 0 Å². The molecule has 5 N–H and O–H groups in total. The van der Waals surface area contributed by atoms with Gasteiger partial charge in [-0.1, -0.05) is 74.1 Å². The summed E-state index contributed by atoms with van der Waals surface area (Å²) >= 11 is 0. The third kappa shape index (κ3) is 23.7. The molecule has 3 aliphatic rings. The van der Waals surface area contributed by atoms with Crippen LogP contribution < -0.4 is 21.7 Å². The first-order valence-electron chi connectivity index (χ1n) is 17.3. The number of aldehydes is 1. The molecule has 2 saturated carbocycles. The number of carbonyl (C=O) groups is 6. The predicted molar refractivity (Wildman–Crippen MR) is 182 cm³/mol. The summed E-state index contributed by atoms with van der Waals surface area (Å²) < 4.78 is 36.2. The van der Waals surface area contributed by atoms with Crippen LogP contribution in [0.3, 0.4) is 0 Å².